The van der Waals surface area contributed by atoms with Crippen molar-refractivity contribution in [1.82, 2.24) is 14.5 Å². The number of benzene rings is 2. The summed E-state index contributed by atoms with van der Waals surface area (Å²) in [6.07, 6.45) is 3.07. The van der Waals surface area contributed by atoms with Crippen LogP contribution in [0.15, 0.2) is 73.2 Å². The quantitative estimate of drug-likeness (QED) is 0.273. The number of carbonyl (C=O) groups is 1. The normalized spacial score (nSPS) is 11.9. The molecule has 0 N–H and O–H groups in total. The third-order valence-corrected chi connectivity index (χ3v) is 5.57. The number of esters is 1. The van der Waals surface area contributed by atoms with Crippen LogP contribution in [0.4, 0.5) is 0 Å². The molecule has 0 saturated heterocycles. The second-order valence-corrected chi connectivity index (χ2v) is 7.95. The standard InChI is InChI=1S/C23H20IN3O3/c1-29-23(28)19(12-16-8-4-2-5-9-16)30-22-20-18(24)14-27(21(20)25-15-26-22)13-17-10-6-3-7-11-17/h2-11,14-15,19H,12-13H2,1H3/t19-/m1/s1. The van der Waals surface area contributed by atoms with Gasteiger partial charge in [0.15, 0.2) is 0 Å². The first-order chi connectivity index (χ1) is 14.7. The van der Waals surface area contributed by atoms with Gasteiger partial charge in [0, 0.05) is 22.7 Å². The summed E-state index contributed by atoms with van der Waals surface area (Å²) in [5.74, 6) is -0.0631. The zero-order valence-electron chi connectivity index (χ0n) is 16.4. The third kappa shape index (κ3) is 4.46. The lowest BCUT2D eigenvalue weighted by atomic mass is 10.1. The molecule has 2 aromatic carbocycles. The number of hydrogen-bond acceptors (Lipinski definition) is 5. The molecule has 0 fully saturated rings. The summed E-state index contributed by atoms with van der Waals surface area (Å²) in [5, 5.41) is 0.788. The minimum absolute atomic E-state index is 0.377. The lowest BCUT2D eigenvalue weighted by molar-refractivity contribution is -0.148. The second-order valence-electron chi connectivity index (χ2n) is 6.79. The van der Waals surface area contributed by atoms with E-state index in [0.717, 1.165) is 20.2 Å². The van der Waals surface area contributed by atoms with Gasteiger partial charge in [-0.3, -0.25) is 0 Å². The van der Waals surface area contributed by atoms with Crippen LogP contribution in [-0.4, -0.2) is 33.7 Å². The van der Waals surface area contributed by atoms with E-state index in [0.29, 0.717) is 18.8 Å². The summed E-state index contributed by atoms with van der Waals surface area (Å²) in [7, 11) is 1.36. The van der Waals surface area contributed by atoms with Gasteiger partial charge in [0.1, 0.15) is 12.0 Å². The maximum Gasteiger partial charge on any atom is 0.347 e. The molecule has 2 aromatic heterocycles. The topological polar surface area (TPSA) is 66.2 Å². The van der Waals surface area contributed by atoms with Gasteiger partial charge in [-0.2, -0.15) is 0 Å². The maximum atomic E-state index is 12.4. The molecular formula is C23H20IN3O3. The van der Waals surface area contributed by atoms with E-state index in [1.165, 1.54) is 19.0 Å². The van der Waals surface area contributed by atoms with Gasteiger partial charge < -0.3 is 14.0 Å². The number of ether oxygens (including phenoxy) is 2. The average Bonchev–Trinajstić information content (AvgIpc) is 3.10. The molecule has 4 aromatic rings. The summed E-state index contributed by atoms with van der Waals surface area (Å²) in [6, 6.07) is 19.9. The Kier molecular flexibility index (Phi) is 6.27. The van der Waals surface area contributed by atoms with Crippen molar-refractivity contribution < 1.29 is 14.3 Å². The molecule has 0 bridgehead atoms. The molecule has 1 atom stereocenters. The smallest absolute Gasteiger partial charge is 0.347 e. The Balaban J connectivity index is 1.66. The van der Waals surface area contributed by atoms with Gasteiger partial charge in [-0.05, 0) is 33.7 Å². The Hall–Kier alpha value is -2.94. The number of hydrogen-bond donors (Lipinski definition) is 0. The van der Waals surface area contributed by atoms with E-state index in [2.05, 4.69) is 49.3 Å². The van der Waals surface area contributed by atoms with Crippen LogP contribution in [-0.2, 0) is 22.5 Å². The van der Waals surface area contributed by atoms with Crippen LogP contribution in [0.3, 0.4) is 0 Å². The number of nitrogens with zero attached hydrogens (tertiary/aromatic N) is 3. The molecule has 0 spiro atoms. The largest absolute Gasteiger partial charge is 0.466 e. The molecule has 4 rings (SSSR count). The molecule has 0 aliphatic heterocycles. The van der Waals surface area contributed by atoms with Crippen molar-refractivity contribution in [3.63, 3.8) is 0 Å². The van der Waals surface area contributed by atoms with E-state index in [1.807, 2.05) is 54.7 Å². The first-order valence-corrected chi connectivity index (χ1v) is 10.5. The van der Waals surface area contributed by atoms with Gasteiger partial charge in [0.05, 0.1) is 12.5 Å². The van der Waals surface area contributed by atoms with Crippen molar-refractivity contribution >= 4 is 39.6 Å². The van der Waals surface area contributed by atoms with E-state index in [1.54, 1.807) is 0 Å². The van der Waals surface area contributed by atoms with Crippen LogP contribution in [0, 0.1) is 3.57 Å². The van der Waals surface area contributed by atoms with Crippen LogP contribution in [0.2, 0.25) is 0 Å². The van der Waals surface area contributed by atoms with Crippen molar-refractivity contribution in [2.45, 2.75) is 19.1 Å². The van der Waals surface area contributed by atoms with Crippen LogP contribution < -0.4 is 4.74 Å². The monoisotopic (exact) mass is 513 g/mol. The Labute approximate surface area is 188 Å². The summed E-state index contributed by atoms with van der Waals surface area (Å²) in [6.45, 7) is 0.682. The van der Waals surface area contributed by atoms with Gasteiger partial charge in [-0.15, -0.1) is 0 Å². The van der Waals surface area contributed by atoms with Crippen LogP contribution >= 0.6 is 22.6 Å². The summed E-state index contributed by atoms with van der Waals surface area (Å²) in [4.78, 5) is 21.2. The van der Waals surface area contributed by atoms with Crippen LogP contribution in [0.1, 0.15) is 11.1 Å². The summed E-state index contributed by atoms with van der Waals surface area (Å²) < 4.78 is 14.1. The first-order valence-electron chi connectivity index (χ1n) is 9.47. The van der Waals surface area contributed by atoms with Gasteiger partial charge in [0.25, 0.3) is 0 Å². The molecule has 0 saturated carbocycles. The molecule has 7 heteroatoms. The minimum atomic E-state index is -0.802. The maximum absolute atomic E-state index is 12.4. The predicted octanol–water partition coefficient (Wildman–Crippen LogP) is 4.25. The SMILES string of the molecule is COC(=O)[C@@H](Cc1ccccc1)Oc1ncnc2c1c(I)cn2Cc1ccccc1. The Morgan fingerprint density at radius 3 is 2.37 bits per heavy atom. The molecule has 0 aliphatic carbocycles. The highest BCUT2D eigenvalue weighted by Gasteiger charge is 2.25. The number of aromatic nitrogens is 3. The van der Waals surface area contributed by atoms with E-state index < -0.39 is 12.1 Å². The molecule has 152 valence electrons. The third-order valence-electron chi connectivity index (χ3n) is 4.75. The highest BCUT2D eigenvalue weighted by atomic mass is 127. The molecular weight excluding hydrogens is 493 g/mol. The van der Waals surface area contributed by atoms with Gasteiger partial charge in [-0.1, -0.05) is 60.7 Å². The predicted molar refractivity (Wildman–Crippen MR) is 122 cm³/mol. The average molecular weight is 513 g/mol. The molecule has 2 heterocycles. The lowest BCUT2D eigenvalue weighted by Gasteiger charge is -2.17. The number of rotatable bonds is 7. The zero-order valence-corrected chi connectivity index (χ0v) is 18.5. The molecule has 0 aliphatic rings. The summed E-state index contributed by atoms with van der Waals surface area (Å²) in [5.41, 5.74) is 2.91. The highest BCUT2D eigenvalue weighted by molar-refractivity contribution is 14.1. The van der Waals surface area contributed by atoms with E-state index >= 15 is 0 Å². The van der Waals surface area contributed by atoms with Crippen molar-refractivity contribution in [1.29, 1.82) is 0 Å². The fraction of sp³-hybridized carbons (Fsp3) is 0.174. The minimum Gasteiger partial charge on any atom is -0.466 e. The molecule has 6 nitrogen and oxygen atoms in total. The lowest BCUT2D eigenvalue weighted by Crippen LogP contribution is -2.31. The molecule has 30 heavy (non-hydrogen) atoms. The van der Waals surface area contributed by atoms with Crippen molar-refractivity contribution in [3.05, 3.63) is 87.9 Å². The number of halogens is 1. The fourth-order valence-electron chi connectivity index (χ4n) is 3.31. The Morgan fingerprint density at radius 2 is 1.70 bits per heavy atom. The Bertz CT molecular complexity index is 1150. The summed E-state index contributed by atoms with van der Waals surface area (Å²) >= 11 is 2.25. The molecule has 0 unspecified atom stereocenters. The first kappa shape index (κ1) is 20.3. The van der Waals surface area contributed by atoms with E-state index in [4.69, 9.17) is 9.47 Å². The Morgan fingerprint density at radius 1 is 1.03 bits per heavy atom. The van der Waals surface area contributed by atoms with Gasteiger partial charge in [0.2, 0.25) is 12.0 Å². The molecule has 0 radical (unpaired) electrons. The van der Waals surface area contributed by atoms with Crippen LogP contribution in [0.25, 0.3) is 11.0 Å². The number of carbonyl (C=O) groups excluding carboxylic acids is 1. The van der Waals surface area contributed by atoms with Crippen molar-refractivity contribution in [3.8, 4) is 5.88 Å². The van der Waals surface area contributed by atoms with Crippen molar-refractivity contribution in [2.24, 2.45) is 0 Å². The second kappa shape index (κ2) is 9.25. The number of methoxy groups -OCH3 is 1. The van der Waals surface area contributed by atoms with E-state index in [9.17, 15) is 4.79 Å². The highest BCUT2D eigenvalue weighted by Crippen LogP contribution is 2.30. The van der Waals surface area contributed by atoms with Gasteiger partial charge in [-0.25, -0.2) is 14.8 Å². The zero-order chi connectivity index (χ0) is 20.9. The number of fused-ring (bicyclic) bond motifs is 1. The van der Waals surface area contributed by atoms with Crippen LogP contribution in [0.5, 0.6) is 5.88 Å². The van der Waals surface area contributed by atoms with Crippen molar-refractivity contribution in [2.75, 3.05) is 7.11 Å². The van der Waals surface area contributed by atoms with Gasteiger partial charge >= 0.3 is 5.97 Å². The fourth-order valence-corrected chi connectivity index (χ4v) is 4.12. The molecule has 0 amide bonds. The van der Waals surface area contributed by atoms with E-state index in [-0.39, 0.29) is 0 Å².